The highest BCUT2D eigenvalue weighted by Gasteiger charge is 2.37. The highest BCUT2D eigenvalue weighted by molar-refractivity contribution is 6.30. The number of hydrogen-bond donors (Lipinski definition) is 1. The minimum atomic E-state index is -0.490. The SMILES string of the molecule is CC(C)OC(=O)c1cnc(Cl)c(OC[C@H]2CC[C@@H](C(=O)N3CCC[C@H]3C#N)N2)c1. The normalized spacial score (nSPS) is 23.8. The van der Waals surface area contributed by atoms with Gasteiger partial charge in [0, 0.05) is 18.8 Å². The summed E-state index contributed by atoms with van der Waals surface area (Å²) in [5, 5.41) is 12.6. The Hall–Kier alpha value is -2.37. The molecule has 0 saturated carbocycles. The molecule has 3 heterocycles. The van der Waals surface area contributed by atoms with Gasteiger partial charge in [-0.1, -0.05) is 11.6 Å². The van der Waals surface area contributed by atoms with Crippen molar-refractivity contribution in [1.29, 1.82) is 5.26 Å². The maximum atomic E-state index is 12.7. The van der Waals surface area contributed by atoms with Crippen LogP contribution >= 0.6 is 11.6 Å². The highest BCUT2D eigenvalue weighted by Crippen LogP contribution is 2.25. The van der Waals surface area contributed by atoms with Crippen LogP contribution in [0.3, 0.4) is 0 Å². The van der Waals surface area contributed by atoms with E-state index in [1.54, 1.807) is 18.7 Å². The molecule has 8 nitrogen and oxygen atoms in total. The summed E-state index contributed by atoms with van der Waals surface area (Å²) in [4.78, 5) is 30.4. The minimum absolute atomic E-state index is 0.0188. The number of likely N-dealkylation sites (tertiary alicyclic amines) is 1. The fraction of sp³-hybridized carbons (Fsp3) is 0.600. The average molecular weight is 421 g/mol. The van der Waals surface area contributed by atoms with E-state index >= 15 is 0 Å². The van der Waals surface area contributed by atoms with Gasteiger partial charge in [0.1, 0.15) is 12.6 Å². The second kappa shape index (κ2) is 9.42. The van der Waals surface area contributed by atoms with Gasteiger partial charge in [-0.15, -0.1) is 0 Å². The zero-order valence-electron chi connectivity index (χ0n) is 16.6. The largest absolute Gasteiger partial charge is 0.489 e. The molecular weight excluding hydrogens is 396 g/mol. The van der Waals surface area contributed by atoms with E-state index < -0.39 is 5.97 Å². The number of esters is 1. The summed E-state index contributed by atoms with van der Waals surface area (Å²) in [6.45, 7) is 4.46. The van der Waals surface area contributed by atoms with E-state index in [9.17, 15) is 14.9 Å². The van der Waals surface area contributed by atoms with Gasteiger partial charge < -0.3 is 14.4 Å². The molecule has 1 aromatic heterocycles. The van der Waals surface area contributed by atoms with E-state index in [0.29, 0.717) is 18.7 Å². The predicted octanol–water partition coefficient (Wildman–Crippen LogP) is 2.31. The first kappa shape index (κ1) is 21.3. The average Bonchev–Trinajstić information content (AvgIpc) is 3.35. The first-order valence-corrected chi connectivity index (χ1v) is 10.2. The molecule has 0 aliphatic carbocycles. The molecule has 3 rings (SSSR count). The summed E-state index contributed by atoms with van der Waals surface area (Å²) < 4.78 is 10.9. The van der Waals surface area contributed by atoms with Gasteiger partial charge in [-0.05, 0) is 45.6 Å². The summed E-state index contributed by atoms with van der Waals surface area (Å²) in [5.74, 6) is -0.212. The van der Waals surface area contributed by atoms with Gasteiger partial charge in [-0.2, -0.15) is 5.26 Å². The summed E-state index contributed by atoms with van der Waals surface area (Å²) in [7, 11) is 0. The molecule has 0 radical (unpaired) electrons. The number of carbonyl (C=O) groups is 2. The number of nitrogens with zero attached hydrogens (tertiary/aromatic N) is 3. The molecule has 1 N–H and O–H groups in total. The predicted molar refractivity (Wildman–Crippen MR) is 106 cm³/mol. The molecule has 156 valence electrons. The summed E-state index contributed by atoms with van der Waals surface area (Å²) in [5.41, 5.74) is 0.266. The highest BCUT2D eigenvalue weighted by atomic mass is 35.5. The van der Waals surface area contributed by atoms with Crippen LogP contribution in [0.15, 0.2) is 12.3 Å². The second-order valence-electron chi connectivity index (χ2n) is 7.59. The number of amides is 1. The van der Waals surface area contributed by atoms with Crippen LogP contribution < -0.4 is 10.1 Å². The van der Waals surface area contributed by atoms with Crippen LogP contribution in [0, 0.1) is 11.3 Å². The second-order valence-corrected chi connectivity index (χ2v) is 7.95. The lowest BCUT2D eigenvalue weighted by atomic mass is 10.1. The van der Waals surface area contributed by atoms with Gasteiger partial charge in [0.05, 0.1) is 23.8 Å². The van der Waals surface area contributed by atoms with Gasteiger partial charge in [0.15, 0.2) is 10.9 Å². The molecule has 0 spiro atoms. The fourth-order valence-corrected chi connectivity index (χ4v) is 3.78. The zero-order chi connectivity index (χ0) is 21.0. The first-order valence-electron chi connectivity index (χ1n) is 9.84. The maximum absolute atomic E-state index is 12.7. The van der Waals surface area contributed by atoms with E-state index in [0.717, 1.165) is 19.3 Å². The van der Waals surface area contributed by atoms with Crippen LogP contribution in [0.4, 0.5) is 0 Å². The van der Waals surface area contributed by atoms with Crippen LogP contribution in [0.25, 0.3) is 0 Å². The monoisotopic (exact) mass is 420 g/mol. The number of halogens is 1. The van der Waals surface area contributed by atoms with Crippen molar-refractivity contribution in [2.24, 2.45) is 0 Å². The van der Waals surface area contributed by atoms with Crippen molar-refractivity contribution in [3.8, 4) is 11.8 Å². The summed E-state index contributed by atoms with van der Waals surface area (Å²) in [6.07, 6.45) is 4.17. The van der Waals surface area contributed by atoms with E-state index in [1.807, 2.05) is 0 Å². The van der Waals surface area contributed by atoms with Crippen LogP contribution in [0.2, 0.25) is 5.15 Å². The van der Waals surface area contributed by atoms with Crippen molar-refractivity contribution in [2.45, 2.75) is 63.8 Å². The van der Waals surface area contributed by atoms with E-state index in [-0.39, 0.29) is 47.5 Å². The lowest BCUT2D eigenvalue weighted by Crippen LogP contribution is -2.47. The van der Waals surface area contributed by atoms with E-state index in [1.165, 1.54) is 12.3 Å². The number of nitrogens with one attached hydrogen (secondary N) is 1. The Kier molecular flexibility index (Phi) is 6.93. The number of nitriles is 1. The Morgan fingerprint density at radius 2 is 2.21 bits per heavy atom. The van der Waals surface area contributed by atoms with Crippen LogP contribution in [-0.2, 0) is 9.53 Å². The Labute approximate surface area is 175 Å². The zero-order valence-corrected chi connectivity index (χ0v) is 17.3. The molecule has 29 heavy (non-hydrogen) atoms. The molecule has 2 aliphatic rings. The number of ether oxygens (including phenoxy) is 2. The van der Waals surface area contributed by atoms with Crippen molar-refractivity contribution in [1.82, 2.24) is 15.2 Å². The van der Waals surface area contributed by atoms with Gasteiger partial charge in [0.2, 0.25) is 5.91 Å². The van der Waals surface area contributed by atoms with Crippen molar-refractivity contribution >= 4 is 23.5 Å². The van der Waals surface area contributed by atoms with Gasteiger partial charge in [-0.25, -0.2) is 9.78 Å². The molecule has 2 aliphatic heterocycles. The third kappa shape index (κ3) is 5.17. The molecule has 2 saturated heterocycles. The third-order valence-electron chi connectivity index (χ3n) is 5.05. The van der Waals surface area contributed by atoms with E-state index in [2.05, 4.69) is 16.4 Å². The number of rotatable bonds is 6. The Balaban J connectivity index is 1.55. The van der Waals surface area contributed by atoms with Gasteiger partial charge >= 0.3 is 5.97 Å². The number of carbonyl (C=O) groups excluding carboxylic acids is 2. The number of aromatic nitrogens is 1. The minimum Gasteiger partial charge on any atom is -0.489 e. The van der Waals surface area contributed by atoms with Crippen molar-refractivity contribution in [3.63, 3.8) is 0 Å². The van der Waals surface area contributed by atoms with Crippen LogP contribution in [0.5, 0.6) is 5.75 Å². The molecular formula is C20H25ClN4O4. The Morgan fingerprint density at radius 1 is 1.41 bits per heavy atom. The Morgan fingerprint density at radius 3 is 2.93 bits per heavy atom. The van der Waals surface area contributed by atoms with Crippen LogP contribution in [0.1, 0.15) is 49.9 Å². The maximum Gasteiger partial charge on any atom is 0.340 e. The molecule has 1 aromatic rings. The summed E-state index contributed by atoms with van der Waals surface area (Å²) >= 11 is 6.09. The topological polar surface area (TPSA) is 105 Å². The number of pyridine rings is 1. The van der Waals surface area contributed by atoms with Crippen molar-refractivity contribution < 1.29 is 19.1 Å². The molecule has 1 amide bonds. The van der Waals surface area contributed by atoms with Crippen molar-refractivity contribution in [3.05, 3.63) is 23.0 Å². The van der Waals surface area contributed by atoms with Gasteiger partial charge in [0.25, 0.3) is 0 Å². The standard InChI is InChI=1S/C20H25ClN4O4/c1-12(2)29-20(27)13-8-17(18(21)23-10-13)28-11-14-5-6-16(24-14)19(26)25-7-3-4-15(25)9-22/h8,10,12,14-16,24H,3-7,11H2,1-2H3/t14-,15+,16+/m1/s1. The smallest absolute Gasteiger partial charge is 0.340 e. The molecule has 2 fully saturated rings. The quantitative estimate of drug-likeness (QED) is 0.556. The Bertz CT molecular complexity index is 810. The van der Waals surface area contributed by atoms with Gasteiger partial charge in [-0.3, -0.25) is 10.1 Å². The molecule has 9 heteroatoms. The molecule has 3 atom stereocenters. The van der Waals surface area contributed by atoms with E-state index in [4.69, 9.17) is 21.1 Å². The lowest BCUT2D eigenvalue weighted by Gasteiger charge is -2.24. The number of hydrogen-bond acceptors (Lipinski definition) is 7. The lowest BCUT2D eigenvalue weighted by molar-refractivity contribution is -0.133. The van der Waals surface area contributed by atoms with Crippen molar-refractivity contribution in [2.75, 3.05) is 13.2 Å². The molecule has 0 bridgehead atoms. The molecule has 0 unspecified atom stereocenters. The first-order chi connectivity index (χ1) is 13.9. The molecule has 0 aromatic carbocycles. The summed E-state index contributed by atoms with van der Waals surface area (Å²) in [6, 6.07) is 3.05. The third-order valence-corrected chi connectivity index (χ3v) is 5.33. The fourth-order valence-electron chi connectivity index (χ4n) is 3.62. The van der Waals surface area contributed by atoms with Crippen LogP contribution in [-0.4, -0.2) is 59.1 Å².